The Balaban J connectivity index is 1.79. The summed E-state index contributed by atoms with van der Waals surface area (Å²) in [5.74, 6) is 1.76. The number of nitrogens with zero attached hydrogens (tertiary/aromatic N) is 4. The molecule has 1 aromatic heterocycles. The maximum Gasteiger partial charge on any atom is 0.270 e. The molecule has 0 N–H and O–H groups in total. The number of thioether (sulfide) groups is 1. The van der Waals surface area contributed by atoms with Gasteiger partial charge in [0.2, 0.25) is 0 Å². The van der Waals surface area contributed by atoms with Crippen LogP contribution in [0.3, 0.4) is 0 Å². The summed E-state index contributed by atoms with van der Waals surface area (Å²) in [5.41, 5.74) is 1.37. The molecule has 2 aliphatic rings. The summed E-state index contributed by atoms with van der Waals surface area (Å²) >= 11 is 6.99. The Hall–Kier alpha value is -2.11. The van der Waals surface area contributed by atoms with E-state index in [1.807, 2.05) is 19.9 Å². The molecule has 6 nitrogen and oxygen atoms in total. The number of hydrogen-bond donors (Lipinski definition) is 0. The highest BCUT2D eigenvalue weighted by atomic mass is 32.2. The highest BCUT2D eigenvalue weighted by molar-refractivity contribution is 8.26. The third-order valence-electron chi connectivity index (χ3n) is 8.35. The van der Waals surface area contributed by atoms with Crippen LogP contribution in [0.5, 0.6) is 0 Å². The Morgan fingerprint density at radius 1 is 0.927 bits per heavy atom. The fraction of sp³-hybridized carbons (Fsp3) is 0.697. The van der Waals surface area contributed by atoms with Gasteiger partial charge in [-0.05, 0) is 49.7 Å². The Morgan fingerprint density at radius 3 is 2.07 bits per heavy atom. The molecule has 41 heavy (non-hydrogen) atoms. The maximum atomic E-state index is 13.5. The first-order chi connectivity index (χ1) is 19.7. The number of anilines is 1. The van der Waals surface area contributed by atoms with Gasteiger partial charge in [0.05, 0.1) is 4.91 Å². The third-order valence-corrected chi connectivity index (χ3v) is 9.72. The molecule has 0 radical (unpaired) electrons. The van der Waals surface area contributed by atoms with E-state index >= 15 is 0 Å². The van der Waals surface area contributed by atoms with Crippen LogP contribution < -0.4 is 10.5 Å². The highest BCUT2D eigenvalue weighted by Gasteiger charge is 2.34. The number of thiocarbonyl (C=S) groups is 1. The number of carbonyl (C=O) groups is 1. The number of unbranched alkanes of at least 4 members (excludes halogenated alkanes) is 9. The lowest BCUT2D eigenvalue weighted by Gasteiger charge is -2.39. The van der Waals surface area contributed by atoms with E-state index in [2.05, 4.69) is 31.7 Å². The molecule has 0 aliphatic carbocycles. The number of nitriles is 1. The molecule has 0 spiro atoms. The fourth-order valence-corrected chi connectivity index (χ4v) is 7.62. The van der Waals surface area contributed by atoms with Crippen LogP contribution in [-0.4, -0.2) is 39.3 Å². The zero-order valence-corrected chi connectivity index (χ0v) is 27.6. The molecule has 8 heteroatoms. The molecule has 2 fully saturated rings. The zero-order valence-electron chi connectivity index (χ0n) is 26.0. The zero-order chi connectivity index (χ0) is 29.9. The average Bonchev–Trinajstić information content (AvgIpc) is 3.19. The topological polar surface area (TPSA) is 69.3 Å². The van der Waals surface area contributed by atoms with Gasteiger partial charge in [0.25, 0.3) is 11.5 Å². The van der Waals surface area contributed by atoms with Crippen molar-refractivity contribution in [2.24, 2.45) is 11.8 Å². The molecule has 2 aliphatic heterocycles. The average molecular weight is 599 g/mol. The quantitative estimate of drug-likeness (QED) is 0.116. The second-order valence-corrected chi connectivity index (χ2v) is 13.8. The first-order valence-corrected chi connectivity index (χ1v) is 17.1. The molecule has 0 aromatic carbocycles. The Morgan fingerprint density at radius 2 is 1.51 bits per heavy atom. The van der Waals surface area contributed by atoms with Crippen molar-refractivity contribution in [1.29, 1.82) is 5.26 Å². The van der Waals surface area contributed by atoms with E-state index in [0.29, 0.717) is 39.7 Å². The van der Waals surface area contributed by atoms with Crippen molar-refractivity contribution >= 4 is 46.1 Å². The SMILES string of the molecule is CCCCCCCCCCCCN1C(=O)/C(=C/c2c(C)c(C#N)c(=O)n(CCC)c2N2CC(C)CC(C)C2)SC1=S. The molecule has 0 bridgehead atoms. The molecule has 3 heterocycles. The molecule has 0 saturated carbocycles. The van der Waals surface area contributed by atoms with Crippen molar-refractivity contribution < 1.29 is 4.79 Å². The van der Waals surface area contributed by atoms with Crippen molar-refractivity contribution in [3.63, 3.8) is 0 Å². The summed E-state index contributed by atoms with van der Waals surface area (Å²) in [4.78, 5) is 31.6. The maximum absolute atomic E-state index is 13.5. The molecule has 2 atom stereocenters. The molecular weight excluding hydrogens is 549 g/mol. The lowest BCUT2D eigenvalue weighted by Crippen LogP contribution is -2.43. The summed E-state index contributed by atoms with van der Waals surface area (Å²) < 4.78 is 2.37. The summed E-state index contributed by atoms with van der Waals surface area (Å²) in [6, 6.07) is 2.16. The first-order valence-electron chi connectivity index (χ1n) is 15.9. The molecule has 1 aromatic rings. The van der Waals surface area contributed by atoms with Crippen LogP contribution >= 0.6 is 24.0 Å². The normalized spacial score (nSPS) is 20.3. The van der Waals surface area contributed by atoms with Gasteiger partial charge in [0, 0.05) is 31.7 Å². The Kier molecular flexibility index (Phi) is 13.4. The van der Waals surface area contributed by atoms with Crippen LogP contribution in [0.1, 0.15) is 121 Å². The van der Waals surface area contributed by atoms with Crippen molar-refractivity contribution in [3.8, 4) is 6.07 Å². The van der Waals surface area contributed by atoms with Gasteiger partial charge in [-0.3, -0.25) is 19.1 Å². The van der Waals surface area contributed by atoms with Gasteiger partial charge in [0.1, 0.15) is 21.8 Å². The van der Waals surface area contributed by atoms with Gasteiger partial charge in [-0.15, -0.1) is 0 Å². The Labute approximate surface area is 257 Å². The summed E-state index contributed by atoms with van der Waals surface area (Å²) in [7, 11) is 0. The van der Waals surface area contributed by atoms with E-state index in [-0.39, 0.29) is 17.0 Å². The van der Waals surface area contributed by atoms with Crippen molar-refractivity contribution in [3.05, 3.63) is 31.9 Å². The van der Waals surface area contributed by atoms with Gasteiger partial charge in [-0.1, -0.05) is 109 Å². The predicted molar refractivity (Wildman–Crippen MR) is 177 cm³/mol. The van der Waals surface area contributed by atoms with Crippen LogP contribution in [0, 0.1) is 30.1 Å². The summed E-state index contributed by atoms with van der Waals surface area (Å²) in [6.45, 7) is 13.5. The number of piperidine rings is 1. The predicted octanol–water partition coefficient (Wildman–Crippen LogP) is 8.04. The van der Waals surface area contributed by atoms with Crippen molar-refractivity contribution in [2.75, 3.05) is 24.5 Å². The molecule has 2 unspecified atom stereocenters. The smallest absolute Gasteiger partial charge is 0.270 e. The summed E-state index contributed by atoms with van der Waals surface area (Å²) in [6.07, 6.45) is 16.3. The number of carbonyl (C=O) groups excluding carboxylic acids is 1. The van der Waals surface area contributed by atoms with E-state index in [4.69, 9.17) is 12.2 Å². The molecular formula is C33H50N4O2S2. The summed E-state index contributed by atoms with van der Waals surface area (Å²) in [5, 5.41) is 9.92. The van der Waals surface area contributed by atoms with E-state index in [1.54, 1.807) is 9.47 Å². The number of hydrogen-bond acceptors (Lipinski definition) is 6. The van der Waals surface area contributed by atoms with Gasteiger partial charge < -0.3 is 4.90 Å². The lowest BCUT2D eigenvalue weighted by molar-refractivity contribution is -0.122. The molecule has 226 valence electrons. The standard InChI is InChI=1S/C33H50N4O2S2/c1-6-8-9-10-11-12-13-14-15-16-18-37-32(39)29(41-33(37)40)20-27-26(5)28(21-34)31(38)36(17-7-2)30(27)35-22-24(3)19-25(4)23-35/h20,24-25H,6-19,22-23H2,1-5H3/b29-20-. The van der Waals surface area contributed by atoms with Crippen molar-refractivity contribution in [2.45, 2.75) is 118 Å². The monoisotopic (exact) mass is 598 g/mol. The van der Waals surface area contributed by atoms with Crippen molar-refractivity contribution in [1.82, 2.24) is 9.47 Å². The minimum atomic E-state index is -0.238. The highest BCUT2D eigenvalue weighted by Crippen LogP contribution is 2.37. The van der Waals surface area contributed by atoms with Crippen LogP contribution in [0.15, 0.2) is 9.70 Å². The van der Waals surface area contributed by atoms with Crippen LogP contribution in [0.4, 0.5) is 5.82 Å². The second kappa shape index (κ2) is 16.5. The lowest BCUT2D eigenvalue weighted by atomic mass is 9.91. The first kappa shape index (κ1) is 33.4. The van der Waals surface area contributed by atoms with E-state index in [0.717, 1.165) is 50.2 Å². The van der Waals surface area contributed by atoms with Gasteiger partial charge in [-0.25, -0.2) is 0 Å². The minimum absolute atomic E-state index is 0.0617. The third kappa shape index (κ3) is 8.70. The largest absolute Gasteiger partial charge is 0.357 e. The second-order valence-electron chi connectivity index (χ2n) is 12.2. The fourth-order valence-electron chi connectivity index (χ4n) is 6.33. The van der Waals surface area contributed by atoms with Crippen LogP contribution in [-0.2, 0) is 11.3 Å². The minimum Gasteiger partial charge on any atom is -0.357 e. The molecule has 3 rings (SSSR count). The van der Waals surface area contributed by atoms with E-state index < -0.39 is 0 Å². The number of amides is 1. The molecule has 1 amide bonds. The van der Waals surface area contributed by atoms with E-state index in [9.17, 15) is 14.9 Å². The molecule has 2 saturated heterocycles. The Bertz CT molecular complexity index is 1190. The van der Waals surface area contributed by atoms with Crippen LogP contribution in [0.2, 0.25) is 0 Å². The van der Waals surface area contributed by atoms with Gasteiger partial charge >= 0.3 is 0 Å². The van der Waals surface area contributed by atoms with Gasteiger partial charge in [-0.2, -0.15) is 5.26 Å². The van der Waals surface area contributed by atoms with E-state index in [1.165, 1.54) is 63.1 Å². The van der Waals surface area contributed by atoms with Gasteiger partial charge in [0.15, 0.2) is 0 Å². The number of rotatable bonds is 15. The van der Waals surface area contributed by atoms with Crippen LogP contribution in [0.25, 0.3) is 6.08 Å². The number of pyridine rings is 1. The number of aromatic nitrogens is 1.